The highest BCUT2D eigenvalue weighted by atomic mass is 35.5. The standard InChI is InChI=1S/C17H13N5OS.ClH/c1-22-9-19-15-12(22)4-6-14-16(15)21-17(24-14)20-11-7-10(8-18)3-5-13(11)23-2;/h3-7,9H,1-2H3,(H,20,21);1H. The number of aromatic nitrogens is 3. The van der Waals surface area contributed by atoms with Gasteiger partial charge in [-0.15, -0.1) is 12.4 Å². The molecule has 0 aliphatic rings. The Labute approximate surface area is 154 Å². The average Bonchev–Trinajstić information content (AvgIpc) is 3.17. The third-order valence-corrected chi connectivity index (χ3v) is 4.76. The molecule has 4 rings (SSSR count). The van der Waals surface area contributed by atoms with E-state index in [0.29, 0.717) is 17.0 Å². The lowest BCUT2D eigenvalue weighted by molar-refractivity contribution is 0.417. The van der Waals surface area contributed by atoms with Crippen molar-refractivity contribution in [2.45, 2.75) is 0 Å². The number of anilines is 2. The molecule has 0 spiro atoms. The Balaban J connectivity index is 0.00000182. The van der Waals surface area contributed by atoms with Crippen molar-refractivity contribution in [3.63, 3.8) is 0 Å². The summed E-state index contributed by atoms with van der Waals surface area (Å²) in [7, 11) is 3.56. The minimum Gasteiger partial charge on any atom is -0.495 e. The van der Waals surface area contributed by atoms with Crippen molar-refractivity contribution < 1.29 is 4.74 Å². The van der Waals surface area contributed by atoms with Crippen molar-refractivity contribution in [2.24, 2.45) is 7.05 Å². The molecule has 25 heavy (non-hydrogen) atoms. The topological polar surface area (TPSA) is 75.8 Å². The van der Waals surface area contributed by atoms with Gasteiger partial charge < -0.3 is 14.6 Å². The Morgan fingerprint density at radius 1 is 1.24 bits per heavy atom. The van der Waals surface area contributed by atoms with Gasteiger partial charge >= 0.3 is 0 Å². The van der Waals surface area contributed by atoms with E-state index in [1.807, 2.05) is 23.7 Å². The maximum Gasteiger partial charge on any atom is 0.188 e. The SMILES string of the molecule is COc1ccc(C#N)cc1Nc1nc2c(ccc3c2ncn3C)s1.Cl. The number of halogens is 1. The predicted octanol–water partition coefficient (Wildman–Crippen LogP) is 4.23. The Morgan fingerprint density at radius 3 is 2.84 bits per heavy atom. The molecule has 0 fully saturated rings. The molecule has 2 heterocycles. The number of hydrogen-bond acceptors (Lipinski definition) is 6. The van der Waals surface area contributed by atoms with Gasteiger partial charge in [-0.3, -0.25) is 0 Å². The van der Waals surface area contributed by atoms with Crippen LogP contribution in [0.25, 0.3) is 21.3 Å². The van der Waals surface area contributed by atoms with E-state index in [1.165, 1.54) is 11.3 Å². The fraction of sp³-hybridized carbons (Fsp3) is 0.118. The van der Waals surface area contributed by atoms with Crippen LogP contribution in [-0.4, -0.2) is 21.6 Å². The number of hydrogen-bond donors (Lipinski definition) is 1. The monoisotopic (exact) mass is 371 g/mol. The third kappa shape index (κ3) is 2.86. The van der Waals surface area contributed by atoms with E-state index >= 15 is 0 Å². The largest absolute Gasteiger partial charge is 0.495 e. The number of aryl methyl sites for hydroxylation is 1. The number of fused-ring (bicyclic) bond motifs is 3. The molecule has 4 aromatic rings. The van der Waals surface area contributed by atoms with Gasteiger partial charge in [-0.05, 0) is 30.3 Å². The summed E-state index contributed by atoms with van der Waals surface area (Å²) in [5.74, 6) is 0.663. The van der Waals surface area contributed by atoms with Crippen LogP contribution >= 0.6 is 23.7 Å². The van der Waals surface area contributed by atoms with E-state index in [9.17, 15) is 0 Å². The first-order valence-corrected chi connectivity index (χ1v) is 8.07. The number of benzene rings is 2. The summed E-state index contributed by atoms with van der Waals surface area (Å²) < 4.78 is 8.38. The predicted molar refractivity (Wildman–Crippen MR) is 102 cm³/mol. The number of ether oxygens (including phenoxy) is 1. The molecular formula is C17H14ClN5OS. The summed E-state index contributed by atoms with van der Waals surface area (Å²) >= 11 is 1.54. The molecule has 8 heteroatoms. The summed E-state index contributed by atoms with van der Waals surface area (Å²) in [5.41, 5.74) is 4.08. The van der Waals surface area contributed by atoms with Gasteiger partial charge in [0.15, 0.2) is 5.13 Å². The van der Waals surface area contributed by atoms with Gasteiger partial charge in [0.25, 0.3) is 0 Å². The third-order valence-electron chi connectivity index (χ3n) is 3.82. The van der Waals surface area contributed by atoms with Crippen molar-refractivity contribution in [3.05, 3.63) is 42.2 Å². The van der Waals surface area contributed by atoms with E-state index in [-0.39, 0.29) is 12.4 Å². The molecule has 0 amide bonds. The second-order valence-electron chi connectivity index (χ2n) is 5.31. The van der Waals surface area contributed by atoms with Crippen LogP contribution in [0.5, 0.6) is 5.75 Å². The summed E-state index contributed by atoms with van der Waals surface area (Å²) in [5, 5.41) is 13.1. The summed E-state index contributed by atoms with van der Waals surface area (Å²) in [4.78, 5) is 9.11. The Bertz CT molecular complexity index is 1110. The van der Waals surface area contributed by atoms with Crippen LogP contribution in [0.4, 0.5) is 10.8 Å². The van der Waals surface area contributed by atoms with Crippen LogP contribution in [0.3, 0.4) is 0 Å². The first-order valence-electron chi connectivity index (χ1n) is 7.25. The fourth-order valence-corrected chi connectivity index (χ4v) is 3.51. The van der Waals surface area contributed by atoms with E-state index in [0.717, 1.165) is 26.4 Å². The van der Waals surface area contributed by atoms with Crippen molar-refractivity contribution in [3.8, 4) is 11.8 Å². The molecule has 0 atom stereocenters. The van der Waals surface area contributed by atoms with Gasteiger partial charge in [0.05, 0.1) is 41.0 Å². The van der Waals surface area contributed by atoms with Gasteiger partial charge in [-0.2, -0.15) is 5.26 Å². The van der Waals surface area contributed by atoms with E-state index in [4.69, 9.17) is 10.00 Å². The van der Waals surface area contributed by atoms with Crippen LogP contribution in [0.15, 0.2) is 36.7 Å². The normalized spacial score (nSPS) is 10.4. The minimum atomic E-state index is 0. The van der Waals surface area contributed by atoms with Gasteiger partial charge in [-0.25, -0.2) is 9.97 Å². The highest BCUT2D eigenvalue weighted by molar-refractivity contribution is 7.22. The number of nitrogens with one attached hydrogen (secondary N) is 1. The highest BCUT2D eigenvalue weighted by Crippen LogP contribution is 2.35. The van der Waals surface area contributed by atoms with Crippen molar-refractivity contribution >= 4 is 55.8 Å². The van der Waals surface area contributed by atoms with Crippen molar-refractivity contribution in [1.29, 1.82) is 5.26 Å². The molecule has 0 bridgehead atoms. The maximum atomic E-state index is 9.08. The lowest BCUT2D eigenvalue weighted by atomic mass is 10.2. The maximum absolute atomic E-state index is 9.08. The zero-order valence-corrected chi connectivity index (χ0v) is 15.1. The molecule has 126 valence electrons. The van der Waals surface area contributed by atoms with Crippen molar-refractivity contribution in [2.75, 3.05) is 12.4 Å². The van der Waals surface area contributed by atoms with Gasteiger partial charge in [0.2, 0.25) is 0 Å². The first-order chi connectivity index (χ1) is 11.7. The highest BCUT2D eigenvalue weighted by Gasteiger charge is 2.12. The zero-order chi connectivity index (χ0) is 16.7. The van der Waals surface area contributed by atoms with Crippen LogP contribution < -0.4 is 10.1 Å². The number of imidazole rings is 1. The summed E-state index contributed by atoms with van der Waals surface area (Å²) in [6, 6.07) is 11.5. The van der Waals surface area contributed by atoms with Gasteiger partial charge in [0, 0.05) is 7.05 Å². The molecule has 0 saturated carbocycles. The number of methoxy groups -OCH3 is 1. The molecule has 1 N–H and O–H groups in total. The Kier molecular flexibility index (Phi) is 4.49. The quantitative estimate of drug-likeness (QED) is 0.583. The molecule has 2 aromatic heterocycles. The second kappa shape index (κ2) is 6.59. The molecular weight excluding hydrogens is 358 g/mol. The smallest absolute Gasteiger partial charge is 0.188 e. The van der Waals surface area contributed by atoms with E-state index < -0.39 is 0 Å². The molecule has 0 aliphatic heterocycles. The number of thiazole rings is 1. The number of nitriles is 1. The first kappa shape index (κ1) is 17.0. The van der Waals surface area contributed by atoms with Gasteiger partial charge in [0.1, 0.15) is 16.8 Å². The summed E-state index contributed by atoms with van der Waals surface area (Å²) in [6.07, 6.45) is 1.79. The van der Waals surface area contributed by atoms with Crippen molar-refractivity contribution in [1.82, 2.24) is 14.5 Å². The molecule has 0 saturated heterocycles. The second-order valence-corrected chi connectivity index (χ2v) is 6.34. The molecule has 0 unspecified atom stereocenters. The van der Waals surface area contributed by atoms with E-state index in [2.05, 4.69) is 21.4 Å². The molecule has 0 aliphatic carbocycles. The van der Waals surface area contributed by atoms with Crippen LogP contribution in [-0.2, 0) is 7.05 Å². The number of rotatable bonds is 3. The lowest BCUT2D eigenvalue weighted by Gasteiger charge is -2.08. The van der Waals surface area contributed by atoms with Gasteiger partial charge in [-0.1, -0.05) is 11.3 Å². The summed E-state index contributed by atoms with van der Waals surface area (Å²) in [6.45, 7) is 0. The van der Waals surface area contributed by atoms with Crippen LogP contribution in [0.1, 0.15) is 5.56 Å². The Morgan fingerprint density at radius 2 is 2.08 bits per heavy atom. The molecule has 6 nitrogen and oxygen atoms in total. The van der Waals surface area contributed by atoms with E-state index in [1.54, 1.807) is 31.6 Å². The minimum absolute atomic E-state index is 0. The Hall–Kier alpha value is -2.82. The van der Waals surface area contributed by atoms with Crippen LogP contribution in [0.2, 0.25) is 0 Å². The fourth-order valence-electron chi connectivity index (χ4n) is 2.63. The van der Waals surface area contributed by atoms with Crippen LogP contribution in [0, 0.1) is 11.3 Å². The molecule has 0 radical (unpaired) electrons. The zero-order valence-electron chi connectivity index (χ0n) is 13.5. The average molecular weight is 372 g/mol. The lowest BCUT2D eigenvalue weighted by Crippen LogP contribution is -1.94. The molecule has 2 aromatic carbocycles. The number of nitrogens with zero attached hydrogens (tertiary/aromatic N) is 4.